The molecular weight excluding hydrogens is 378 g/mol. The van der Waals surface area contributed by atoms with Gasteiger partial charge in [0.05, 0.1) is 30.2 Å². The van der Waals surface area contributed by atoms with E-state index in [1.807, 2.05) is 24.3 Å². The van der Waals surface area contributed by atoms with E-state index < -0.39 is 11.9 Å². The Morgan fingerprint density at radius 2 is 1.79 bits per heavy atom. The number of esters is 1. The number of amides is 1. The van der Waals surface area contributed by atoms with Crippen LogP contribution in [0.3, 0.4) is 0 Å². The number of aromatic nitrogens is 1. The number of halogens is 1. The fourth-order valence-corrected chi connectivity index (χ4v) is 2.63. The van der Waals surface area contributed by atoms with E-state index in [-0.39, 0.29) is 11.3 Å². The summed E-state index contributed by atoms with van der Waals surface area (Å²) >= 11 is 5.88. The molecule has 0 aliphatic heterocycles. The number of hydrogen-bond acceptors (Lipinski definition) is 5. The Labute approximate surface area is 167 Å². The highest BCUT2D eigenvalue weighted by Crippen LogP contribution is 2.17. The van der Waals surface area contributed by atoms with E-state index in [0.29, 0.717) is 17.3 Å². The van der Waals surface area contributed by atoms with Crippen LogP contribution in [0.1, 0.15) is 26.4 Å². The molecule has 0 unspecified atom stereocenters. The molecule has 28 heavy (non-hydrogen) atoms. The maximum absolute atomic E-state index is 12.4. The fraction of sp³-hybridized carbons (Fsp3) is 0.0952. The number of para-hydroxylation sites is 1. The number of carbonyl (C=O) groups excluding carboxylic acids is 2. The molecular formula is C21H18ClN3O3. The summed E-state index contributed by atoms with van der Waals surface area (Å²) in [5.41, 5.74) is 2.73. The lowest BCUT2D eigenvalue weighted by Crippen LogP contribution is -2.16. The van der Waals surface area contributed by atoms with Crippen LogP contribution in [-0.2, 0) is 11.3 Å². The van der Waals surface area contributed by atoms with Crippen LogP contribution in [0.15, 0.2) is 66.9 Å². The molecule has 0 atom stereocenters. The summed E-state index contributed by atoms with van der Waals surface area (Å²) in [6.07, 6.45) is 1.58. The maximum atomic E-state index is 12.4. The van der Waals surface area contributed by atoms with Gasteiger partial charge in [0, 0.05) is 11.6 Å². The first-order chi connectivity index (χ1) is 13.6. The summed E-state index contributed by atoms with van der Waals surface area (Å²) in [5.74, 6) is -0.939. The third kappa shape index (κ3) is 4.86. The predicted octanol–water partition coefficient (Wildman–Crippen LogP) is 4.39. The van der Waals surface area contributed by atoms with Crippen molar-refractivity contribution in [2.45, 2.75) is 6.54 Å². The molecule has 3 aromatic rings. The van der Waals surface area contributed by atoms with Gasteiger partial charge < -0.3 is 15.4 Å². The normalized spacial score (nSPS) is 10.2. The Morgan fingerprint density at radius 1 is 1.04 bits per heavy atom. The van der Waals surface area contributed by atoms with Gasteiger partial charge in [-0.1, -0.05) is 35.9 Å². The van der Waals surface area contributed by atoms with Crippen molar-refractivity contribution in [3.63, 3.8) is 0 Å². The number of methoxy groups -OCH3 is 1. The van der Waals surface area contributed by atoms with Gasteiger partial charge in [0.1, 0.15) is 5.69 Å². The van der Waals surface area contributed by atoms with E-state index in [1.165, 1.54) is 7.11 Å². The van der Waals surface area contributed by atoms with Crippen LogP contribution in [0.5, 0.6) is 0 Å². The first kappa shape index (κ1) is 19.4. The Morgan fingerprint density at radius 3 is 2.46 bits per heavy atom. The SMILES string of the molecule is COC(=O)c1ccccc1NC(=O)c1ccc(NCc2ccc(Cl)cc2)cn1. The van der Waals surface area contributed by atoms with E-state index in [1.54, 1.807) is 42.6 Å². The molecule has 3 rings (SSSR count). The number of benzene rings is 2. The van der Waals surface area contributed by atoms with Crippen LogP contribution < -0.4 is 10.6 Å². The Bertz CT molecular complexity index is 973. The zero-order valence-electron chi connectivity index (χ0n) is 15.1. The molecule has 0 spiro atoms. The number of rotatable bonds is 6. The van der Waals surface area contributed by atoms with Crippen LogP contribution in [0.4, 0.5) is 11.4 Å². The van der Waals surface area contributed by atoms with E-state index >= 15 is 0 Å². The number of pyridine rings is 1. The van der Waals surface area contributed by atoms with Gasteiger partial charge in [-0.2, -0.15) is 0 Å². The molecule has 1 heterocycles. The van der Waals surface area contributed by atoms with Crippen LogP contribution in [0.25, 0.3) is 0 Å². The van der Waals surface area contributed by atoms with Crippen molar-refractivity contribution in [3.8, 4) is 0 Å². The average Bonchev–Trinajstić information content (AvgIpc) is 2.73. The number of hydrogen-bond donors (Lipinski definition) is 2. The summed E-state index contributed by atoms with van der Waals surface area (Å²) in [6, 6.07) is 17.5. The summed E-state index contributed by atoms with van der Waals surface area (Å²) in [5, 5.41) is 6.61. The second-order valence-electron chi connectivity index (χ2n) is 5.90. The van der Waals surface area contributed by atoms with Crippen molar-refractivity contribution in [2.75, 3.05) is 17.7 Å². The van der Waals surface area contributed by atoms with Crippen LogP contribution in [-0.4, -0.2) is 24.0 Å². The van der Waals surface area contributed by atoms with Crippen molar-refractivity contribution in [2.24, 2.45) is 0 Å². The van der Waals surface area contributed by atoms with Gasteiger partial charge in [0.15, 0.2) is 0 Å². The number of nitrogens with one attached hydrogen (secondary N) is 2. The minimum Gasteiger partial charge on any atom is -0.465 e. The number of ether oxygens (including phenoxy) is 1. The smallest absolute Gasteiger partial charge is 0.339 e. The molecule has 0 fully saturated rings. The zero-order valence-corrected chi connectivity index (χ0v) is 15.9. The molecule has 1 aromatic heterocycles. The molecule has 0 saturated carbocycles. The minimum absolute atomic E-state index is 0.233. The zero-order chi connectivity index (χ0) is 19.9. The largest absolute Gasteiger partial charge is 0.465 e. The monoisotopic (exact) mass is 395 g/mol. The Balaban J connectivity index is 1.64. The van der Waals surface area contributed by atoms with Crippen molar-refractivity contribution in [1.29, 1.82) is 0 Å². The highest BCUT2D eigenvalue weighted by molar-refractivity contribution is 6.30. The van der Waals surface area contributed by atoms with Crippen LogP contribution in [0, 0.1) is 0 Å². The quantitative estimate of drug-likeness (QED) is 0.605. The average molecular weight is 396 g/mol. The summed E-state index contributed by atoms with van der Waals surface area (Å²) in [4.78, 5) is 28.4. The van der Waals surface area contributed by atoms with Crippen molar-refractivity contribution < 1.29 is 14.3 Å². The first-order valence-corrected chi connectivity index (χ1v) is 8.87. The molecule has 6 nitrogen and oxygen atoms in total. The second kappa shape index (κ2) is 9.01. The fourth-order valence-electron chi connectivity index (χ4n) is 2.51. The molecule has 2 N–H and O–H groups in total. The van der Waals surface area contributed by atoms with Crippen LogP contribution >= 0.6 is 11.6 Å². The van der Waals surface area contributed by atoms with Crippen molar-refractivity contribution >= 4 is 34.9 Å². The van der Waals surface area contributed by atoms with E-state index in [4.69, 9.17) is 16.3 Å². The predicted molar refractivity (Wildman–Crippen MR) is 109 cm³/mol. The van der Waals surface area contributed by atoms with E-state index in [0.717, 1.165) is 11.3 Å². The lowest BCUT2D eigenvalue weighted by molar-refractivity contribution is 0.0602. The molecule has 0 aliphatic carbocycles. The lowest BCUT2D eigenvalue weighted by atomic mass is 10.1. The summed E-state index contributed by atoms with van der Waals surface area (Å²) < 4.78 is 4.73. The van der Waals surface area contributed by atoms with Gasteiger partial charge >= 0.3 is 5.97 Å². The summed E-state index contributed by atoms with van der Waals surface area (Å²) in [7, 11) is 1.29. The van der Waals surface area contributed by atoms with Gasteiger partial charge in [-0.15, -0.1) is 0 Å². The van der Waals surface area contributed by atoms with E-state index in [2.05, 4.69) is 15.6 Å². The van der Waals surface area contributed by atoms with Gasteiger partial charge in [0.2, 0.25) is 0 Å². The highest BCUT2D eigenvalue weighted by Gasteiger charge is 2.14. The van der Waals surface area contributed by atoms with Crippen molar-refractivity contribution in [3.05, 3.63) is 88.7 Å². The number of carbonyl (C=O) groups is 2. The highest BCUT2D eigenvalue weighted by atomic mass is 35.5. The maximum Gasteiger partial charge on any atom is 0.339 e. The Hall–Kier alpha value is -3.38. The molecule has 7 heteroatoms. The minimum atomic E-state index is -0.523. The standard InChI is InChI=1S/C21H18ClN3O3/c1-28-21(27)17-4-2-3-5-18(17)25-20(26)19-11-10-16(13-24-19)23-12-14-6-8-15(22)9-7-14/h2-11,13,23H,12H2,1H3,(H,25,26). The van der Waals surface area contributed by atoms with Gasteiger partial charge in [-0.3, -0.25) is 4.79 Å². The molecule has 0 radical (unpaired) electrons. The Kier molecular flexibility index (Phi) is 6.24. The van der Waals surface area contributed by atoms with Crippen molar-refractivity contribution in [1.82, 2.24) is 4.98 Å². The molecule has 0 aliphatic rings. The topological polar surface area (TPSA) is 80.3 Å². The second-order valence-corrected chi connectivity index (χ2v) is 6.34. The molecule has 0 saturated heterocycles. The van der Waals surface area contributed by atoms with Crippen LogP contribution in [0.2, 0.25) is 5.02 Å². The first-order valence-electron chi connectivity index (χ1n) is 8.50. The third-order valence-corrected chi connectivity index (χ3v) is 4.24. The van der Waals surface area contributed by atoms with Gasteiger partial charge in [0.25, 0.3) is 5.91 Å². The molecule has 1 amide bonds. The molecule has 2 aromatic carbocycles. The lowest BCUT2D eigenvalue weighted by Gasteiger charge is -2.10. The third-order valence-electron chi connectivity index (χ3n) is 3.99. The summed E-state index contributed by atoms with van der Waals surface area (Å²) in [6.45, 7) is 0.608. The molecule has 142 valence electrons. The van der Waals surface area contributed by atoms with E-state index in [9.17, 15) is 9.59 Å². The van der Waals surface area contributed by atoms with Gasteiger partial charge in [-0.05, 0) is 42.0 Å². The number of nitrogens with zero attached hydrogens (tertiary/aromatic N) is 1. The number of anilines is 2. The van der Waals surface area contributed by atoms with Gasteiger partial charge in [-0.25, -0.2) is 9.78 Å². The molecule has 0 bridgehead atoms.